The van der Waals surface area contributed by atoms with E-state index in [2.05, 4.69) is 34.0 Å². The van der Waals surface area contributed by atoms with Crippen LogP contribution in [0.2, 0.25) is 0 Å². The van der Waals surface area contributed by atoms with E-state index in [4.69, 9.17) is 4.74 Å². The van der Waals surface area contributed by atoms with Gasteiger partial charge >= 0.3 is 0 Å². The zero-order valence-electron chi connectivity index (χ0n) is 15.1. The van der Waals surface area contributed by atoms with Gasteiger partial charge in [0.15, 0.2) is 0 Å². The van der Waals surface area contributed by atoms with Crippen molar-refractivity contribution >= 4 is 11.9 Å². The van der Waals surface area contributed by atoms with Gasteiger partial charge in [0.2, 0.25) is 5.95 Å². The van der Waals surface area contributed by atoms with Gasteiger partial charge in [-0.15, -0.1) is 0 Å². The molecule has 0 bridgehead atoms. The molecule has 0 aliphatic carbocycles. The van der Waals surface area contributed by atoms with Crippen molar-refractivity contribution in [3.63, 3.8) is 0 Å². The maximum absolute atomic E-state index is 12.7. The molecular formula is C17H24N6O2. The fraction of sp³-hybridized carbons (Fsp3) is 0.529. The van der Waals surface area contributed by atoms with E-state index < -0.39 is 0 Å². The van der Waals surface area contributed by atoms with E-state index in [1.54, 1.807) is 11.1 Å². The summed E-state index contributed by atoms with van der Waals surface area (Å²) in [6, 6.07) is 3.66. The topological polar surface area (TPSA) is 87.2 Å². The molecule has 2 aromatic rings. The Morgan fingerprint density at radius 1 is 1.44 bits per heavy atom. The molecule has 8 heteroatoms. The average molecular weight is 344 g/mol. The molecular weight excluding hydrogens is 320 g/mol. The second-order valence-corrected chi connectivity index (χ2v) is 6.65. The van der Waals surface area contributed by atoms with Crippen LogP contribution in [-0.2, 0) is 4.74 Å². The number of nitrogens with zero attached hydrogens (tertiary/aromatic N) is 5. The van der Waals surface area contributed by atoms with E-state index in [0.717, 1.165) is 11.4 Å². The third-order valence-corrected chi connectivity index (χ3v) is 4.19. The van der Waals surface area contributed by atoms with Crippen molar-refractivity contribution in [1.82, 2.24) is 25.1 Å². The number of aromatic nitrogens is 4. The van der Waals surface area contributed by atoms with E-state index in [9.17, 15) is 4.79 Å². The summed E-state index contributed by atoms with van der Waals surface area (Å²) in [5.74, 6) is 0.841. The number of H-pyrrole nitrogens is 1. The Morgan fingerprint density at radius 3 is 2.92 bits per heavy atom. The first kappa shape index (κ1) is 17.3. The molecule has 1 atom stereocenters. The van der Waals surface area contributed by atoms with Gasteiger partial charge in [0.05, 0.1) is 18.8 Å². The summed E-state index contributed by atoms with van der Waals surface area (Å²) < 4.78 is 5.83. The van der Waals surface area contributed by atoms with E-state index >= 15 is 0 Å². The molecule has 1 N–H and O–H groups in total. The summed E-state index contributed by atoms with van der Waals surface area (Å²) in [5, 5.41) is 7.09. The predicted octanol–water partition coefficient (Wildman–Crippen LogP) is 1.60. The maximum atomic E-state index is 12.7. The van der Waals surface area contributed by atoms with Gasteiger partial charge in [0.25, 0.3) is 5.91 Å². The van der Waals surface area contributed by atoms with Gasteiger partial charge in [-0.25, -0.2) is 9.97 Å². The number of nitrogens with one attached hydrogen (secondary N) is 1. The van der Waals surface area contributed by atoms with Crippen LogP contribution in [0, 0.1) is 0 Å². The Balaban J connectivity index is 1.74. The second kappa shape index (κ2) is 7.18. The van der Waals surface area contributed by atoms with Gasteiger partial charge in [-0.05, 0) is 18.1 Å². The van der Waals surface area contributed by atoms with Gasteiger partial charge < -0.3 is 14.5 Å². The Bertz CT molecular complexity index is 742. The van der Waals surface area contributed by atoms with E-state index in [0.29, 0.717) is 37.3 Å². The summed E-state index contributed by atoms with van der Waals surface area (Å²) in [4.78, 5) is 25.1. The minimum atomic E-state index is -0.261. The van der Waals surface area contributed by atoms with Crippen LogP contribution >= 0.6 is 0 Å². The molecule has 2 aromatic heterocycles. The van der Waals surface area contributed by atoms with Gasteiger partial charge in [-0.2, -0.15) is 5.10 Å². The number of amides is 1. The quantitative estimate of drug-likeness (QED) is 0.906. The first-order valence-corrected chi connectivity index (χ1v) is 8.42. The largest absolute Gasteiger partial charge is 0.368 e. The number of rotatable bonds is 4. The standard InChI is InChI=1S/C17H24N6O2/c1-11(2)13-9-14(21-20-13)16(24)23-7-8-25-15(10-23)12-5-6-18-17(19-12)22(3)4/h5-6,9,11,15H,7-8,10H2,1-4H3,(H,20,21)/t15-/m0/s1. The fourth-order valence-corrected chi connectivity index (χ4v) is 2.67. The van der Waals surface area contributed by atoms with Crippen LogP contribution in [-0.4, -0.2) is 64.8 Å². The number of hydrogen-bond acceptors (Lipinski definition) is 6. The molecule has 0 unspecified atom stereocenters. The van der Waals surface area contributed by atoms with Crippen molar-refractivity contribution in [2.24, 2.45) is 0 Å². The van der Waals surface area contributed by atoms with Gasteiger partial charge in [-0.1, -0.05) is 13.8 Å². The molecule has 3 heterocycles. The maximum Gasteiger partial charge on any atom is 0.274 e. The predicted molar refractivity (Wildman–Crippen MR) is 93.6 cm³/mol. The van der Waals surface area contributed by atoms with Crippen molar-refractivity contribution in [2.75, 3.05) is 38.7 Å². The second-order valence-electron chi connectivity index (χ2n) is 6.65. The number of morpholine rings is 1. The summed E-state index contributed by atoms with van der Waals surface area (Å²) in [6.45, 7) is 5.59. The smallest absolute Gasteiger partial charge is 0.274 e. The van der Waals surface area contributed by atoms with Gasteiger partial charge in [-0.3, -0.25) is 9.89 Å². The van der Waals surface area contributed by atoms with Crippen LogP contribution in [0.1, 0.15) is 47.7 Å². The Labute approximate surface area is 147 Å². The molecule has 1 aliphatic rings. The number of carbonyl (C=O) groups excluding carboxylic acids is 1. The molecule has 1 amide bonds. The zero-order valence-corrected chi connectivity index (χ0v) is 15.1. The first-order valence-electron chi connectivity index (χ1n) is 8.42. The first-order chi connectivity index (χ1) is 12.0. The highest BCUT2D eigenvalue weighted by molar-refractivity contribution is 5.92. The molecule has 0 aromatic carbocycles. The number of hydrogen-bond donors (Lipinski definition) is 1. The SMILES string of the molecule is CC(C)c1cc(C(=O)N2CCO[C@H](c3ccnc(N(C)C)n3)C2)n[nH]1. The number of carbonyl (C=O) groups is 1. The third kappa shape index (κ3) is 3.79. The molecule has 0 radical (unpaired) electrons. The van der Waals surface area contributed by atoms with Crippen LogP contribution in [0.5, 0.6) is 0 Å². The minimum Gasteiger partial charge on any atom is -0.368 e. The fourth-order valence-electron chi connectivity index (χ4n) is 2.67. The highest BCUT2D eigenvalue weighted by atomic mass is 16.5. The van der Waals surface area contributed by atoms with Crippen molar-refractivity contribution in [3.8, 4) is 0 Å². The van der Waals surface area contributed by atoms with Crippen molar-refractivity contribution in [1.29, 1.82) is 0 Å². The van der Waals surface area contributed by atoms with Crippen LogP contribution in [0.15, 0.2) is 18.3 Å². The third-order valence-electron chi connectivity index (χ3n) is 4.19. The summed E-state index contributed by atoms with van der Waals surface area (Å²) in [6.07, 6.45) is 1.45. The molecule has 3 rings (SSSR count). The van der Waals surface area contributed by atoms with Crippen LogP contribution in [0.25, 0.3) is 0 Å². The summed E-state index contributed by atoms with van der Waals surface area (Å²) >= 11 is 0. The molecule has 1 saturated heterocycles. The Hall–Kier alpha value is -2.48. The monoisotopic (exact) mass is 344 g/mol. The molecule has 1 fully saturated rings. The number of ether oxygens (including phenoxy) is 1. The van der Waals surface area contributed by atoms with Crippen molar-refractivity contribution in [3.05, 3.63) is 35.4 Å². The van der Waals surface area contributed by atoms with E-state index in [1.807, 2.05) is 31.1 Å². The highest BCUT2D eigenvalue weighted by Gasteiger charge is 2.28. The van der Waals surface area contributed by atoms with E-state index in [1.165, 1.54) is 0 Å². The molecule has 134 valence electrons. The lowest BCUT2D eigenvalue weighted by Crippen LogP contribution is -2.42. The molecule has 25 heavy (non-hydrogen) atoms. The van der Waals surface area contributed by atoms with Crippen LogP contribution in [0.3, 0.4) is 0 Å². The Morgan fingerprint density at radius 2 is 2.24 bits per heavy atom. The van der Waals surface area contributed by atoms with Gasteiger partial charge in [0, 0.05) is 32.5 Å². The average Bonchev–Trinajstić information content (AvgIpc) is 3.12. The normalized spacial score (nSPS) is 17.8. The van der Waals surface area contributed by atoms with Gasteiger partial charge in [0.1, 0.15) is 11.8 Å². The lowest BCUT2D eigenvalue weighted by Gasteiger charge is -2.32. The molecule has 0 saturated carbocycles. The summed E-state index contributed by atoms with van der Waals surface area (Å²) in [5.41, 5.74) is 2.18. The highest BCUT2D eigenvalue weighted by Crippen LogP contribution is 2.23. The zero-order chi connectivity index (χ0) is 18.0. The van der Waals surface area contributed by atoms with Crippen LogP contribution < -0.4 is 4.90 Å². The molecule has 0 spiro atoms. The van der Waals surface area contributed by atoms with E-state index in [-0.39, 0.29) is 12.0 Å². The molecule has 1 aliphatic heterocycles. The lowest BCUT2D eigenvalue weighted by molar-refractivity contribution is -0.0249. The Kier molecular flexibility index (Phi) is 4.98. The molecule has 8 nitrogen and oxygen atoms in total. The van der Waals surface area contributed by atoms with Crippen molar-refractivity contribution in [2.45, 2.75) is 25.9 Å². The number of anilines is 1. The number of aromatic amines is 1. The lowest BCUT2D eigenvalue weighted by atomic mass is 10.1. The van der Waals surface area contributed by atoms with Crippen LogP contribution in [0.4, 0.5) is 5.95 Å². The summed E-state index contributed by atoms with van der Waals surface area (Å²) in [7, 11) is 3.78. The minimum absolute atomic E-state index is 0.0849. The van der Waals surface area contributed by atoms with Crippen molar-refractivity contribution < 1.29 is 9.53 Å².